The molecule has 22 heavy (non-hydrogen) atoms. The number of likely N-dealkylation sites (N-methyl/N-ethyl adjacent to an activating group) is 1. The van der Waals surface area contributed by atoms with Gasteiger partial charge in [0.05, 0.1) is 0 Å². The second-order valence-electron chi connectivity index (χ2n) is 6.28. The summed E-state index contributed by atoms with van der Waals surface area (Å²) in [6.45, 7) is 2.44. The highest BCUT2D eigenvalue weighted by Crippen LogP contribution is 2.31. The molecule has 0 N–H and O–H groups in total. The van der Waals surface area contributed by atoms with Crippen LogP contribution in [0.1, 0.15) is 41.5 Å². The molecule has 0 aliphatic heterocycles. The predicted octanol–water partition coefficient (Wildman–Crippen LogP) is 3.79. The number of hydrogen-bond acceptors (Lipinski definition) is 1. The van der Waals surface area contributed by atoms with Crippen molar-refractivity contribution in [1.82, 2.24) is 4.90 Å². The number of fused-ring (bicyclic) bond motifs is 2. The Bertz CT molecular complexity index is 677. The summed E-state index contributed by atoms with van der Waals surface area (Å²) in [5.41, 5.74) is 5.70. The van der Waals surface area contributed by atoms with E-state index < -0.39 is 0 Å². The molecule has 2 aromatic rings. The molecule has 114 valence electrons. The Balaban J connectivity index is 1.96. The number of carbonyl (C=O) groups excluding carboxylic acids is 1. The average molecular weight is 293 g/mol. The number of nitrogens with zero attached hydrogens (tertiary/aromatic N) is 1. The Morgan fingerprint density at radius 3 is 2.41 bits per heavy atom. The first-order valence-corrected chi connectivity index (χ1v) is 8.01. The fourth-order valence-electron chi connectivity index (χ4n) is 3.41. The van der Waals surface area contributed by atoms with Gasteiger partial charge in [-0.05, 0) is 41.5 Å². The number of benzene rings is 2. The van der Waals surface area contributed by atoms with Crippen LogP contribution in [0.4, 0.5) is 0 Å². The van der Waals surface area contributed by atoms with Crippen LogP contribution >= 0.6 is 0 Å². The van der Waals surface area contributed by atoms with Crippen molar-refractivity contribution in [2.45, 2.75) is 32.1 Å². The smallest absolute Gasteiger partial charge is 0.219 e. The van der Waals surface area contributed by atoms with E-state index in [0.29, 0.717) is 5.92 Å². The molecule has 0 spiro atoms. The van der Waals surface area contributed by atoms with Crippen molar-refractivity contribution in [3.05, 3.63) is 70.8 Å². The van der Waals surface area contributed by atoms with Gasteiger partial charge in [-0.15, -0.1) is 0 Å². The molecule has 0 heterocycles. The van der Waals surface area contributed by atoms with Crippen LogP contribution in [0.25, 0.3) is 0 Å². The van der Waals surface area contributed by atoms with E-state index in [-0.39, 0.29) is 5.91 Å². The van der Waals surface area contributed by atoms with E-state index >= 15 is 0 Å². The van der Waals surface area contributed by atoms with Gasteiger partial charge in [0.2, 0.25) is 5.91 Å². The lowest BCUT2D eigenvalue weighted by Crippen LogP contribution is -2.30. The van der Waals surface area contributed by atoms with E-state index in [1.54, 1.807) is 6.92 Å². The SMILES string of the molecule is CC(=O)N(C)CC1CCc2ccccc2Cc2ccccc21. The summed E-state index contributed by atoms with van der Waals surface area (Å²) in [6, 6.07) is 17.5. The second-order valence-corrected chi connectivity index (χ2v) is 6.28. The number of hydrogen-bond donors (Lipinski definition) is 0. The van der Waals surface area contributed by atoms with Gasteiger partial charge in [-0.3, -0.25) is 4.79 Å². The first kappa shape index (κ1) is 14.8. The minimum absolute atomic E-state index is 0.139. The van der Waals surface area contributed by atoms with Gasteiger partial charge < -0.3 is 4.90 Å². The van der Waals surface area contributed by atoms with Crippen LogP contribution in [0, 0.1) is 0 Å². The summed E-state index contributed by atoms with van der Waals surface area (Å²) in [4.78, 5) is 13.4. The average Bonchev–Trinajstić information content (AvgIpc) is 2.51. The standard InChI is InChI=1S/C20H23NO/c1-15(22)21(2)14-19-12-11-16-7-3-4-8-17(16)13-18-9-5-6-10-20(18)19/h3-10,19H,11-14H2,1-2H3. The third kappa shape index (κ3) is 3.06. The molecule has 1 aliphatic carbocycles. The van der Waals surface area contributed by atoms with Gasteiger partial charge in [0.1, 0.15) is 0 Å². The molecule has 0 aromatic heterocycles. The number of aryl methyl sites for hydroxylation is 1. The van der Waals surface area contributed by atoms with Crippen molar-refractivity contribution < 1.29 is 4.79 Å². The van der Waals surface area contributed by atoms with Crippen LogP contribution in [0.3, 0.4) is 0 Å². The molecule has 1 aliphatic rings. The normalized spacial score (nSPS) is 16.9. The van der Waals surface area contributed by atoms with Gasteiger partial charge in [-0.25, -0.2) is 0 Å². The molecular formula is C20H23NO. The van der Waals surface area contributed by atoms with Crippen LogP contribution in [0.15, 0.2) is 48.5 Å². The molecular weight excluding hydrogens is 270 g/mol. The van der Waals surface area contributed by atoms with E-state index in [0.717, 1.165) is 25.8 Å². The van der Waals surface area contributed by atoms with Gasteiger partial charge in [0.25, 0.3) is 0 Å². The number of amides is 1. The van der Waals surface area contributed by atoms with Crippen molar-refractivity contribution in [3.8, 4) is 0 Å². The van der Waals surface area contributed by atoms with Crippen LogP contribution in [-0.2, 0) is 17.6 Å². The molecule has 0 saturated heterocycles. The molecule has 1 atom stereocenters. The highest BCUT2D eigenvalue weighted by atomic mass is 16.2. The van der Waals surface area contributed by atoms with Gasteiger partial charge in [-0.1, -0.05) is 48.5 Å². The minimum Gasteiger partial charge on any atom is -0.345 e. The van der Waals surface area contributed by atoms with E-state index in [4.69, 9.17) is 0 Å². The third-order valence-electron chi connectivity index (χ3n) is 4.79. The lowest BCUT2D eigenvalue weighted by Gasteiger charge is -2.28. The minimum atomic E-state index is 0.139. The topological polar surface area (TPSA) is 20.3 Å². The maximum Gasteiger partial charge on any atom is 0.219 e. The first-order chi connectivity index (χ1) is 10.6. The Hall–Kier alpha value is -2.09. The van der Waals surface area contributed by atoms with Gasteiger partial charge in [0.15, 0.2) is 0 Å². The third-order valence-corrected chi connectivity index (χ3v) is 4.79. The predicted molar refractivity (Wildman–Crippen MR) is 90.1 cm³/mol. The highest BCUT2D eigenvalue weighted by molar-refractivity contribution is 5.72. The van der Waals surface area contributed by atoms with Crippen LogP contribution in [0.2, 0.25) is 0 Å². The maximum absolute atomic E-state index is 11.6. The summed E-state index contributed by atoms with van der Waals surface area (Å²) in [5, 5.41) is 0. The fraction of sp³-hybridized carbons (Fsp3) is 0.350. The van der Waals surface area contributed by atoms with E-state index in [1.807, 2.05) is 11.9 Å². The zero-order chi connectivity index (χ0) is 15.5. The molecule has 0 radical (unpaired) electrons. The Morgan fingerprint density at radius 1 is 1.05 bits per heavy atom. The van der Waals surface area contributed by atoms with Crippen molar-refractivity contribution in [1.29, 1.82) is 0 Å². The molecule has 0 fully saturated rings. The lowest BCUT2D eigenvalue weighted by atomic mass is 9.82. The maximum atomic E-state index is 11.6. The summed E-state index contributed by atoms with van der Waals surface area (Å²) < 4.78 is 0. The molecule has 1 unspecified atom stereocenters. The zero-order valence-electron chi connectivity index (χ0n) is 13.4. The van der Waals surface area contributed by atoms with Crippen LogP contribution in [0.5, 0.6) is 0 Å². The van der Waals surface area contributed by atoms with Crippen molar-refractivity contribution in [2.24, 2.45) is 0 Å². The van der Waals surface area contributed by atoms with Crippen molar-refractivity contribution >= 4 is 5.91 Å². The molecule has 2 heteroatoms. The molecule has 2 aromatic carbocycles. The number of rotatable bonds is 2. The largest absolute Gasteiger partial charge is 0.345 e. The Kier molecular flexibility index (Phi) is 4.28. The van der Waals surface area contributed by atoms with E-state index in [1.165, 1.54) is 22.3 Å². The summed E-state index contributed by atoms with van der Waals surface area (Å²) in [6.07, 6.45) is 3.17. The number of carbonyl (C=O) groups is 1. The van der Waals surface area contributed by atoms with Crippen molar-refractivity contribution in [2.75, 3.05) is 13.6 Å². The summed E-state index contributed by atoms with van der Waals surface area (Å²) in [5.74, 6) is 0.554. The second kappa shape index (κ2) is 6.35. The van der Waals surface area contributed by atoms with E-state index in [2.05, 4.69) is 48.5 Å². The van der Waals surface area contributed by atoms with Gasteiger partial charge in [-0.2, -0.15) is 0 Å². The Labute approximate surface area is 132 Å². The molecule has 0 saturated carbocycles. The van der Waals surface area contributed by atoms with Gasteiger partial charge in [0, 0.05) is 26.4 Å². The molecule has 1 amide bonds. The Morgan fingerprint density at radius 2 is 1.68 bits per heavy atom. The zero-order valence-corrected chi connectivity index (χ0v) is 13.4. The summed E-state index contributed by atoms with van der Waals surface area (Å²) in [7, 11) is 1.90. The quantitative estimate of drug-likeness (QED) is 0.825. The van der Waals surface area contributed by atoms with Crippen molar-refractivity contribution in [3.63, 3.8) is 0 Å². The van der Waals surface area contributed by atoms with Crippen LogP contribution < -0.4 is 0 Å². The van der Waals surface area contributed by atoms with Crippen LogP contribution in [-0.4, -0.2) is 24.4 Å². The molecule has 3 rings (SSSR count). The lowest BCUT2D eigenvalue weighted by molar-refractivity contribution is -0.127. The first-order valence-electron chi connectivity index (χ1n) is 8.01. The summed E-state index contributed by atoms with van der Waals surface area (Å²) >= 11 is 0. The molecule has 0 bridgehead atoms. The fourth-order valence-corrected chi connectivity index (χ4v) is 3.41. The van der Waals surface area contributed by atoms with E-state index in [9.17, 15) is 4.79 Å². The monoisotopic (exact) mass is 293 g/mol. The highest BCUT2D eigenvalue weighted by Gasteiger charge is 2.21. The molecule has 2 nitrogen and oxygen atoms in total. The van der Waals surface area contributed by atoms with Gasteiger partial charge >= 0.3 is 0 Å².